The van der Waals surface area contributed by atoms with E-state index in [0.29, 0.717) is 12.1 Å². The number of aliphatic imine (C=N–C) groups is 1. The van der Waals surface area contributed by atoms with Gasteiger partial charge < -0.3 is 11.1 Å². The van der Waals surface area contributed by atoms with Gasteiger partial charge in [0.05, 0.1) is 23.6 Å². The number of alkyl halides is 6. The molecule has 30 heavy (non-hydrogen) atoms. The van der Waals surface area contributed by atoms with E-state index >= 15 is 0 Å². The number of benzene rings is 1. The molecule has 0 aromatic heterocycles. The number of urea groups is 1. The van der Waals surface area contributed by atoms with Crippen molar-refractivity contribution < 1.29 is 40.3 Å². The average molecular weight is 442 g/mol. The Hall–Kier alpha value is -3.12. The second kappa shape index (κ2) is 9.59. The van der Waals surface area contributed by atoms with E-state index in [1.807, 2.05) is 5.32 Å². The lowest BCUT2D eigenvalue weighted by Crippen LogP contribution is -2.40. The summed E-state index contributed by atoms with van der Waals surface area (Å²) in [6, 6.07) is -0.211. The van der Waals surface area contributed by atoms with Crippen LogP contribution in [0.2, 0.25) is 0 Å². The minimum absolute atomic E-state index is 0.0596. The summed E-state index contributed by atoms with van der Waals surface area (Å²) in [4.78, 5) is 26.8. The number of amidine groups is 1. The highest BCUT2D eigenvalue weighted by Crippen LogP contribution is 2.33. The minimum atomic E-state index is -4.93. The van der Waals surface area contributed by atoms with Gasteiger partial charge in [0.1, 0.15) is 11.7 Å². The summed E-state index contributed by atoms with van der Waals surface area (Å²) in [6.07, 6.45) is -11.4. The Kier molecular flexibility index (Phi) is 7.96. The van der Waals surface area contributed by atoms with Crippen molar-refractivity contribution in [2.75, 3.05) is 7.05 Å². The zero-order valence-electron chi connectivity index (χ0n) is 15.6. The Bertz CT molecular complexity index is 861. The summed E-state index contributed by atoms with van der Waals surface area (Å²) in [5, 5.41) is 4.12. The molecule has 0 radical (unpaired) electrons. The van der Waals surface area contributed by atoms with Gasteiger partial charge in [0.15, 0.2) is 6.29 Å². The summed E-state index contributed by atoms with van der Waals surface area (Å²) in [5.41, 5.74) is 1.98. The maximum absolute atomic E-state index is 13.8. The number of nitrogens with two attached hydrogens (primary N) is 1. The van der Waals surface area contributed by atoms with Gasteiger partial charge in [-0.3, -0.25) is 15.1 Å². The molecule has 0 aliphatic carbocycles. The van der Waals surface area contributed by atoms with Crippen molar-refractivity contribution >= 4 is 18.2 Å². The average Bonchev–Trinajstić information content (AvgIpc) is 2.59. The Morgan fingerprint density at radius 1 is 1.23 bits per heavy atom. The van der Waals surface area contributed by atoms with Crippen LogP contribution in [0, 0.1) is 5.82 Å². The molecule has 0 aliphatic heterocycles. The molecule has 1 rings (SSSR count). The molecule has 4 N–H and O–H groups in total. The first-order chi connectivity index (χ1) is 13.7. The molecule has 0 heterocycles. The van der Waals surface area contributed by atoms with E-state index in [1.54, 1.807) is 0 Å². The fourth-order valence-corrected chi connectivity index (χ4v) is 2.22. The molecule has 0 saturated carbocycles. The van der Waals surface area contributed by atoms with Gasteiger partial charge in [0, 0.05) is 12.7 Å². The molecule has 2 amide bonds. The fraction of sp³-hybridized carbons (Fsp3) is 0.353. The third-order valence-electron chi connectivity index (χ3n) is 3.67. The van der Waals surface area contributed by atoms with Gasteiger partial charge in [0.25, 0.3) is 0 Å². The highest BCUT2D eigenvalue weighted by molar-refractivity contribution is 6.18. The van der Waals surface area contributed by atoms with E-state index in [0.717, 1.165) is 6.07 Å². The molecule has 0 fully saturated rings. The van der Waals surface area contributed by atoms with Crippen LogP contribution in [0.4, 0.5) is 35.5 Å². The first-order valence-corrected chi connectivity index (χ1v) is 8.13. The summed E-state index contributed by atoms with van der Waals surface area (Å²) >= 11 is 0. The van der Waals surface area contributed by atoms with Crippen LogP contribution in [-0.4, -0.2) is 31.4 Å². The number of nitrogens with zero attached hydrogens (tertiary/aromatic N) is 1. The van der Waals surface area contributed by atoms with Gasteiger partial charge in [-0.25, -0.2) is 9.18 Å². The normalized spacial score (nSPS) is 14.6. The Labute approximate surface area is 166 Å². The Balaban J connectivity index is 3.43. The smallest absolute Gasteiger partial charge is 0.401 e. The topological polar surface area (TPSA) is 96.6 Å². The summed E-state index contributed by atoms with van der Waals surface area (Å²) in [6.45, 7) is 1.26. The largest absolute Gasteiger partial charge is 0.419 e. The molecule has 0 spiro atoms. The number of carbonyl (C=O) groups is 2. The van der Waals surface area contributed by atoms with E-state index in [-0.39, 0.29) is 11.8 Å². The molecule has 1 aromatic rings. The van der Waals surface area contributed by atoms with Crippen LogP contribution >= 0.6 is 0 Å². The molecule has 0 aliphatic rings. The lowest BCUT2D eigenvalue weighted by Gasteiger charge is -2.16. The summed E-state index contributed by atoms with van der Waals surface area (Å²) < 4.78 is 89.6. The van der Waals surface area contributed by atoms with Gasteiger partial charge in [-0.1, -0.05) is 6.07 Å². The van der Waals surface area contributed by atoms with Crippen LogP contribution in [0.15, 0.2) is 34.5 Å². The summed E-state index contributed by atoms with van der Waals surface area (Å²) in [7, 11) is 1.17. The van der Waals surface area contributed by atoms with Crippen molar-refractivity contribution in [3.8, 4) is 0 Å². The number of hydrogen-bond donors (Lipinski definition) is 3. The number of hydrogen-bond acceptors (Lipinski definition) is 4. The van der Waals surface area contributed by atoms with Crippen LogP contribution < -0.4 is 16.4 Å². The number of rotatable bonds is 5. The van der Waals surface area contributed by atoms with E-state index < -0.39 is 59.3 Å². The highest BCUT2D eigenvalue weighted by atomic mass is 19.4. The first-order valence-electron chi connectivity index (χ1n) is 8.13. The van der Waals surface area contributed by atoms with Crippen LogP contribution in [0.25, 0.3) is 0 Å². The van der Waals surface area contributed by atoms with Crippen LogP contribution in [0.1, 0.15) is 30.5 Å². The maximum Gasteiger partial charge on any atom is 0.419 e. The van der Waals surface area contributed by atoms with Crippen molar-refractivity contribution in [3.05, 3.63) is 46.4 Å². The number of halogens is 7. The molecular weight excluding hydrogens is 425 g/mol. The monoisotopic (exact) mass is 442 g/mol. The van der Waals surface area contributed by atoms with E-state index in [4.69, 9.17) is 5.73 Å². The molecular formula is C17H17F7N4O2. The minimum Gasteiger partial charge on any atom is -0.401 e. The lowest BCUT2D eigenvalue weighted by atomic mass is 10.0. The fourth-order valence-electron chi connectivity index (χ4n) is 2.22. The molecule has 0 bridgehead atoms. The van der Waals surface area contributed by atoms with Crippen LogP contribution in [0.3, 0.4) is 0 Å². The third-order valence-corrected chi connectivity index (χ3v) is 3.67. The maximum atomic E-state index is 13.8. The predicted molar refractivity (Wildman–Crippen MR) is 92.8 cm³/mol. The molecule has 13 heteroatoms. The van der Waals surface area contributed by atoms with Crippen molar-refractivity contribution in [3.63, 3.8) is 0 Å². The number of nitrogens with one attached hydrogen (secondary N) is 2. The number of amides is 2. The third kappa shape index (κ3) is 7.04. The SMILES string of the molecule is CNC(=O)NC(=NC(C)c1ccc(C(F)(F)F)c(F)c1)C(C=O)=C(N)CC(F)(F)F. The number of allylic oxidation sites excluding steroid dienone is 1. The number of carbonyl (C=O) groups excluding carboxylic acids is 2. The zero-order chi connectivity index (χ0) is 23.3. The van der Waals surface area contributed by atoms with Gasteiger partial charge in [-0.05, 0) is 24.6 Å². The molecule has 1 aromatic carbocycles. The zero-order valence-corrected chi connectivity index (χ0v) is 15.6. The molecule has 1 unspecified atom stereocenters. The van der Waals surface area contributed by atoms with Gasteiger partial charge >= 0.3 is 18.4 Å². The summed E-state index contributed by atoms with van der Waals surface area (Å²) in [5.74, 6) is -2.26. The van der Waals surface area contributed by atoms with Crippen molar-refractivity contribution in [1.82, 2.24) is 10.6 Å². The predicted octanol–water partition coefficient (Wildman–Crippen LogP) is 3.60. The Morgan fingerprint density at radius 2 is 1.83 bits per heavy atom. The second-order valence-corrected chi connectivity index (χ2v) is 5.94. The molecule has 1 atom stereocenters. The lowest BCUT2D eigenvalue weighted by molar-refractivity contribution is -0.140. The van der Waals surface area contributed by atoms with Crippen molar-refractivity contribution in [2.45, 2.75) is 31.7 Å². The second-order valence-electron chi connectivity index (χ2n) is 5.94. The first kappa shape index (κ1) is 24.9. The van der Waals surface area contributed by atoms with Gasteiger partial charge in [-0.15, -0.1) is 0 Å². The van der Waals surface area contributed by atoms with Gasteiger partial charge in [0.2, 0.25) is 0 Å². The molecule has 6 nitrogen and oxygen atoms in total. The van der Waals surface area contributed by atoms with E-state index in [2.05, 4.69) is 10.3 Å². The van der Waals surface area contributed by atoms with E-state index in [1.165, 1.54) is 14.0 Å². The Morgan fingerprint density at radius 3 is 2.27 bits per heavy atom. The van der Waals surface area contributed by atoms with E-state index in [9.17, 15) is 40.3 Å². The standard InChI is InChI=1S/C17H17F7N4O2/c1-8(9-3-4-11(12(18)5-9)17(22,23)24)27-14(28-15(30)26-2)10(7-29)13(25)6-16(19,20)21/h3-5,7-8H,6,25H2,1-2H3,(H2,26,27,28,30). The van der Waals surface area contributed by atoms with Crippen molar-refractivity contribution in [2.24, 2.45) is 10.7 Å². The highest BCUT2D eigenvalue weighted by Gasteiger charge is 2.34. The quantitative estimate of drug-likeness (QED) is 0.214. The van der Waals surface area contributed by atoms with Crippen LogP contribution in [-0.2, 0) is 11.0 Å². The van der Waals surface area contributed by atoms with Crippen molar-refractivity contribution in [1.29, 1.82) is 0 Å². The van der Waals surface area contributed by atoms with Gasteiger partial charge in [-0.2, -0.15) is 26.3 Å². The number of aldehydes is 1. The van der Waals surface area contributed by atoms with Crippen LogP contribution in [0.5, 0.6) is 0 Å². The molecule has 0 saturated heterocycles. The molecule has 166 valence electrons.